The first-order valence-electron chi connectivity index (χ1n) is 9.27. The van der Waals surface area contributed by atoms with Gasteiger partial charge in [0.15, 0.2) is 0 Å². The van der Waals surface area contributed by atoms with Crippen LogP contribution in [0.4, 0.5) is 5.95 Å². The van der Waals surface area contributed by atoms with Crippen molar-refractivity contribution in [3.63, 3.8) is 0 Å². The molecule has 2 aromatic rings. The molecule has 0 bridgehead atoms. The van der Waals surface area contributed by atoms with E-state index in [1.807, 2.05) is 0 Å². The van der Waals surface area contributed by atoms with Gasteiger partial charge in [-0.1, -0.05) is 0 Å². The minimum atomic E-state index is 0.0174. The largest absolute Gasteiger partial charge is 0.372 e. The monoisotopic (exact) mass is 374 g/mol. The molecule has 26 heavy (non-hydrogen) atoms. The van der Waals surface area contributed by atoms with Crippen molar-refractivity contribution in [3.05, 3.63) is 43.5 Å². The van der Waals surface area contributed by atoms with Crippen LogP contribution in [0.15, 0.2) is 16.2 Å². The van der Waals surface area contributed by atoms with Crippen LogP contribution in [0, 0.1) is 6.92 Å². The normalized spacial score (nSPS) is 23.9. The van der Waals surface area contributed by atoms with Gasteiger partial charge in [-0.3, -0.25) is 14.7 Å². The number of anilines is 1. The molecule has 1 saturated heterocycles. The van der Waals surface area contributed by atoms with Crippen LogP contribution in [0.3, 0.4) is 0 Å². The number of aryl methyl sites for hydroxylation is 1. The van der Waals surface area contributed by atoms with E-state index in [4.69, 9.17) is 9.72 Å². The van der Waals surface area contributed by atoms with Crippen molar-refractivity contribution in [2.75, 3.05) is 24.5 Å². The Bertz CT molecular complexity index is 836. The molecular formula is C19H26N4O2S. The maximum absolute atomic E-state index is 12.6. The van der Waals surface area contributed by atoms with Crippen molar-refractivity contribution in [2.45, 2.75) is 52.5 Å². The quantitative estimate of drug-likeness (QED) is 0.893. The lowest BCUT2D eigenvalue weighted by atomic mass is 10.1. The van der Waals surface area contributed by atoms with Crippen LogP contribution in [0.1, 0.15) is 35.5 Å². The number of nitrogens with zero attached hydrogens (tertiary/aromatic N) is 3. The number of aromatic amines is 1. The highest BCUT2D eigenvalue weighted by atomic mass is 32.1. The van der Waals surface area contributed by atoms with Crippen LogP contribution in [0.25, 0.3) is 0 Å². The summed E-state index contributed by atoms with van der Waals surface area (Å²) in [4.78, 5) is 26.4. The summed E-state index contributed by atoms with van der Waals surface area (Å²) < 4.78 is 5.80. The van der Waals surface area contributed by atoms with Gasteiger partial charge in [0, 0.05) is 43.2 Å². The van der Waals surface area contributed by atoms with Crippen LogP contribution >= 0.6 is 11.3 Å². The first kappa shape index (κ1) is 17.7. The fourth-order valence-electron chi connectivity index (χ4n) is 3.89. The maximum atomic E-state index is 12.6. The number of H-pyrrole nitrogens is 1. The average molecular weight is 375 g/mol. The fraction of sp³-hybridized carbons (Fsp3) is 0.579. The van der Waals surface area contributed by atoms with Crippen LogP contribution < -0.4 is 10.5 Å². The Morgan fingerprint density at radius 2 is 2.12 bits per heavy atom. The Kier molecular flexibility index (Phi) is 4.86. The second kappa shape index (κ2) is 7.13. The number of thiophene rings is 1. The van der Waals surface area contributed by atoms with Crippen molar-refractivity contribution in [2.24, 2.45) is 0 Å². The highest BCUT2D eigenvalue weighted by Crippen LogP contribution is 2.23. The van der Waals surface area contributed by atoms with E-state index >= 15 is 0 Å². The first-order chi connectivity index (χ1) is 12.5. The lowest BCUT2D eigenvalue weighted by Crippen LogP contribution is -2.47. The summed E-state index contributed by atoms with van der Waals surface area (Å²) in [5.41, 5.74) is 3.14. The van der Waals surface area contributed by atoms with Crippen LogP contribution in [-0.2, 0) is 24.2 Å². The summed E-state index contributed by atoms with van der Waals surface area (Å²) in [7, 11) is 0. The number of hydrogen-bond acceptors (Lipinski definition) is 6. The minimum absolute atomic E-state index is 0.0174. The molecule has 0 amide bonds. The van der Waals surface area contributed by atoms with Crippen molar-refractivity contribution in [3.8, 4) is 0 Å². The van der Waals surface area contributed by atoms with Gasteiger partial charge >= 0.3 is 0 Å². The van der Waals surface area contributed by atoms with Gasteiger partial charge < -0.3 is 9.64 Å². The van der Waals surface area contributed by atoms with E-state index in [9.17, 15) is 4.79 Å². The second-order valence-electron chi connectivity index (χ2n) is 7.46. The molecular weight excluding hydrogens is 348 g/mol. The van der Waals surface area contributed by atoms with E-state index in [-0.39, 0.29) is 17.8 Å². The summed E-state index contributed by atoms with van der Waals surface area (Å²) in [5, 5.41) is 2.14. The highest BCUT2D eigenvalue weighted by molar-refractivity contribution is 7.10. The third-order valence-electron chi connectivity index (χ3n) is 5.19. The minimum Gasteiger partial charge on any atom is -0.372 e. The lowest BCUT2D eigenvalue weighted by molar-refractivity contribution is -0.00576. The van der Waals surface area contributed by atoms with Gasteiger partial charge in [0.25, 0.3) is 5.56 Å². The molecule has 2 aromatic heterocycles. The van der Waals surface area contributed by atoms with E-state index in [1.54, 1.807) is 11.3 Å². The maximum Gasteiger partial charge on any atom is 0.255 e. The standard InChI is InChI=1S/C19H26N4O2S/c1-12-5-7-26-17(12)11-22-6-4-15-16(10-22)20-19(21-18(15)24)23-8-13(2)25-14(3)9-23/h5,7,13-14H,4,6,8-11H2,1-3H3,(H,20,21,24)/t13-,14-/m0/s1. The number of nitrogens with one attached hydrogen (secondary N) is 1. The topological polar surface area (TPSA) is 61.5 Å². The van der Waals surface area contributed by atoms with Crippen LogP contribution in [-0.4, -0.2) is 46.7 Å². The zero-order valence-electron chi connectivity index (χ0n) is 15.6. The molecule has 140 valence electrons. The predicted octanol–water partition coefficient (Wildman–Crippen LogP) is 2.31. The molecule has 0 unspecified atom stereocenters. The van der Waals surface area contributed by atoms with E-state index < -0.39 is 0 Å². The molecule has 2 aliphatic heterocycles. The summed E-state index contributed by atoms with van der Waals surface area (Å²) >= 11 is 1.80. The van der Waals surface area contributed by atoms with Gasteiger partial charge in [0.2, 0.25) is 5.95 Å². The van der Waals surface area contributed by atoms with E-state index in [0.29, 0.717) is 5.95 Å². The van der Waals surface area contributed by atoms with Crippen LogP contribution in [0.5, 0.6) is 0 Å². The Hall–Kier alpha value is -1.70. The molecule has 2 aliphatic rings. The van der Waals surface area contributed by atoms with E-state index in [2.05, 4.69) is 47.0 Å². The van der Waals surface area contributed by atoms with Crippen molar-refractivity contribution in [1.29, 1.82) is 0 Å². The number of fused-ring (bicyclic) bond motifs is 1. The molecule has 1 fully saturated rings. The second-order valence-corrected chi connectivity index (χ2v) is 8.47. The van der Waals surface area contributed by atoms with Gasteiger partial charge in [-0.25, -0.2) is 4.98 Å². The van der Waals surface area contributed by atoms with Crippen molar-refractivity contribution >= 4 is 17.3 Å². The molecule has 4 heterocycles. The smallest absolute Gasteiger partial charge is 0.255 e. The molecule has 2 atom stereocenters. The molecule has 0 aromatic carbocycles. The molecule has 7 heteroatoms. The molecule has 0 radical (unpaired) electrons. The Morgan fingerprint density at radius 1 is 1.35 bits per heavy atom. The van der Waals surface area contributed by atoms with E-state index in [0.717, 1.165) is 50.4 Å². The molecule has 0 saturated carbocycles. The number of rotatable bonds is 3. The third kappa shape index (κ3) is 3.56. The van der Waals surface area contributed by atoms with Gasteiger partial charge in [0.05, 0.1) is 17.9 Å². The van der Waals surface area contributed by atoms with E-state index in [1.165, 1.54) is 10.4 Å². The SMILES string of the molecule is Cc1ccsc1CN1CCc2c(nc(N3C[C@H](C)O[C@@H](C)C3)[nH]c2=O)C1. The van der Waals surface area contributed by atoms with Gasteiger partial charge in [0.1, 0.15) is 0 Å². The van der Waals surface area contributed by atoms with Gasteiger partial charge in [-0.15, -0.1) is 11.3 Å². The molecule has 0 spiro atoms. The summed E-state index contributed by atoms with van der Waals surface area (Å²) in [6.07, 6.45) is 1.04. The Labute approximate surface area is 157 Å². The Morgan fingerprint density at radius 3 is 2.81 bits per heavy atom. The first-order valence-corrected chi connectivity index (χ1v) is 10.2. The summed E-state index contributed by atoms with van der Waals surface area (Å²) in [6.45, 7) is 10.4. The number of morpholine rings is 1. The molecule has 0 aliphatic carbocycles. The van der Waals surface area contributed by atoms with Crippen molar-refractivity contribution in [1.82, 2.24) is 14.9 Å². The molecule has 4 rings (SSSR count). The third-order valence-corrected chi connectivity index (χ3v) is 6.20. The predicted molar refractivity (Wildman–Crippen MR) is 104 cm³/mol. The summed E-state index contributed by atoms with van der Waals surface area (Å²) in [6, 6.07) is 2.17. The van der Waals surface area contributed by atoms with Crippen LogP contribution in [0.2, 0.25) is 0 Å². The van der Waals surface area contributed by atoms with Crippen molar-refractivity contribution < 1.29 is 4.74 Å². The molecule has 6 nitrogen and oxygen atoms in total. The zero-order valence-corrected chi connectivity index (χ0v) is 16.4. The zero-order chi connectivity index (χ0) is 18.3. The Balaban J connectivity index is 1.56. The highest BCUT2D eigenvalue weighted by Gasteiger charge is 2.27. The van der Waals surface area contributed by atoms with Gasteiger partial charge in [-0.2, -0.15) is 0 Å². The summed E-state index contributed by atoms with van der Waals surface area (Å²) in [5.74, 6) is 0.685. The number of ether oxygens (including phenoxy) is 1. The average Bonchev–Trinajstić information content (AvgIpc) is 2.98. The number of aromatic nitrogens is 2. The fourth-order valence-corrected chi connectivity index (χ4v) is 4.83. The molecule has 1 N–H and O–H groups in total. The lowest BCUT2D eigenvalue weighted by Gasteiger charge is -2.36. The van der Waals surface area contributed by atoms with Gasteiger partial charge in [-0.05, 0) is 44.2 Å². The number of hydrogen-bond donors (Lipinski definition) is 1.